The van der Waals surface area contributed by atoms with Crippen molar-refractivity contribution >= 4 is 7.72 Å². The van der Waals surface area contributed by atoms with E-state index in [1.165, 1.54) is 6.42 Å². The van der Waals surface area contributed by atoms with E-state index in [-0.39, 0.29) is 0 Å². The van der Waals surface area contributed by atoms with E-state index in [4.69, 9.17) is 4.70 Å². The van der Waals surface area contributed by atoms with Gasteiger partial charge in [0.25, 0.3) is 0 Å². The maximum absolute atomic E-state index is 7.75. The predicted octanol–water partition coefficient (Wildman–Crippen LogP) is 0.917. The molecule has 0 N–H and O–H groups in total. The van der Waals surface area contributed by atoms with Crippen molar-refractivity contribution in [2.45, 2.75) is 20.3 Å². The van der Waals surface area contributed by atoms with Crippen molar-refractivity contribution in [3.63, 3.8) is 0 Å². The first-order valence-electron chi connectivity index (χ1n) is 1.65. The van der Waals surface area contributed by atoms with Crippen LogP contribution in [0.1, 0.15) is 20.3 Å². The summed E-state index contributed by atoms with van der Waals surface area (Å²) in [5.41, 5.74) is 0. The van der Waals surface area contributed by atoms with Crippen LogP contribution >= 0.6 is 0 Å². The van der Waals surface area contributed by atoms with Gasteiger partial charge in [-0.3, -0.25) is 0 Å². The Balaban J connectivity index is 0. The van der Waals surface area contributed by atoms with E-state index < -0.39 is 0 Å². The van der Waals surface area contributed by atoms with Crippen LogP contribution in [0.3, 0.4) is 0 Å². The summed E-state index contributed by atoms with van der Waals surface area (Å²) in [6.07, 6.45) is 1.25. The molecule has 0 unspecified atom stereocenters. The fourth-order valence-corrected chi connectivity index (χ4v) is 0. The quantitative estimate of drug-likeness (QED) is 0.388. The Kier molecular flexibility index (Phi) is 75.1. The van der Waals surface area contributed by atoms with Gasteiger partial charge in [-0.25, -0.2) is 0 Å². The topological polar surface area (TPSA) is 17.1 Å². The first kappa shape index (κ1) is 8.85. The van der Waals surface area contributed by atoms with Gasteiger partial charge in [-0.2, -0.15) is 0 Å². The fourth-order valence-electron chi connectivity index (χ4n) is 0. The van der Waals surface area contributed by atoms with Crippen molar-refractivity contribution < 1.29 is 4.70 Å². The van der Waals surface area contributed by atoms with Crippen molar-refractivity contribution in [3.8, 4) is 0 Å². The van der Waals surface area contributed by atoms with Crippen molar-refractivity contribution in [1.29, 1.82) is 0 Å². The summed E-state index contributed by atoms with van der Waals surface area (Å²) in [6.45, 7) is 4.25. The third-order valence-corrected chi connectivity index (χ3v) is 0. The predicted molar refractivity (Wildman–Crippen MR) is 22.4 cm³/mol. The molecule has 0 aromatic carbocycles. The summed E-state index contributed by atoms with van der Waals surface area (Å²) < 4.78 is 7.75. The van der Waals surface area contributed by atoms with E-state index in [9.17, 15) is 0 Å². The molecule has 29 valence electrons. The molecule has 0 aromatic heterocycles. The summed E-state index contributed by atoms with van der Waals surface area (Å²) in [6, 6.07) is 0. The molecule has 0 fully saturated rings. The van der Waals surface area contributed by atoms with Crippen LogP contribution in [-0.4, -0.2) is 7.72 Å². The summed E-state index contributed by atoms with van der Waals surface area (Å²) in [7, 11) is 3.25. The third-order valence-electron chi connectivity index (χ3n) is 0. The molecular weight excluding hydrogens is 62.8 g/mol. The second kappa shape index (κ2) is 42.4. The summed E-state index contributed by atoms with van der Waals surface area (Å²) in [5.74, 6) is 0. The van der Waals surface area contributed by atoms with Gasteiger partial charge in [-0.15, -0.1) is 0 Å². The molecule has 0 spiro atoms. The molecule has 1 radical (unpaired) electrons. The van der Waals surface area contributed by atoms with Crippen molar-refractivity contribution in [1.82, 2.24) is 0 Å². The number of hydrogen-bond acceptors (Lipinski definition) is 1. The first-order chi connectivity index (χ1) is 2.41. The Labute approximate surface area is 33.8 Å². The molecule has 1 nitrogen and oxygen atoms in total. The molecule has 0 atom stereocenters. The Morgan fingerprint density at radius 2 is 1.40 bits per heavy atom. The van der Waals surface area contributed by atoms with E-state index in [0.717, 1.165) is 0 Å². The van der Waals surface area contributed by atoms with Gasteiger partial charge < -0.3 is 0 Å². The molecule has 5 heavy (non-hydrogen) atoms. The zero-order valence-corrected chi connectivity index (χ0v) is 3.69. The van der Waals surface area contributed by atoms with Gasteiger partial charge in [-0.05, 0) is 0 Å². The SMILES string of the molecule is CCC.[B]=O. The Morgan fingerprint density at radius 1 is 1.40 bits per heavy atom. The van der Waals surface area contributed by atoms with Gasteiger partial charge >= 0.3 is 12.4 Å². The van der Waals surface area contributed by atoms with Crippen LogP contribution in [0.5, 0.6) is 0 Å². The molecule has 2 heteroatoms. The second-order valence-corrected chi connectivity index (χ2v) is 0.707. The van der Waals surface area contributed by atoms with Crippen LogP contribution in [0.2, 0.25) is 0 Å². The Hall–Kier alpha value is -0.135. The van der Waals surface area contributed by atoms with E-state index in [1.54, 1.807) is 0 Å². The molecule has 0 bridgehead atoms. The molecule has 0 saturated carbocycles. The molecule has 0 heterocycles. The van der Waals surface area contributed by atoms with E-state index in [2.05, 4.69) is 21.6 Å². The number of hydrogen-bond donors (Lipinski definition) is 0. The monoisotopic (exact) mass is 71.1 g/mol. The van der Waals surface area contributed by atoms with Gasteiger partial charge in [0.2, 0.25) is 0 Å². The van der Waals surface area contributed by atoms with Crippen LogP contribution in [0, 0.1) is 0 Å². The van der Waals surface area contributed by atoms with Crippen LogP contribution in [0.4, 0.5) is 0 Å². The van der Waals surface area contributed by atoms with Crippen molar-refractivity contribution in [3.05, 3.63) is 0 Å². The molecule has 0 rings (SSSR count). The zero-order chi connectivity index (χ0) is 4.71. The minimum absolute atomic E-state index is 1.25. The van der Waals surface area contributed by atoms with Gasteiger partial charge in [0, 0.05) is 0 Å². The first-order valence-corrected chi connectivity index (χ1v) is 1.65. The van der Waals surface area contributed by atoms with Crippen LogP contribution in [-0.2, 0) is 4.70 Å². The molecular formula is C3H8BO. The summed E-state index contributed by atoms with van der Waals surface area (Å²) >= 11 is 0. The zero-order valence-electron chi connectivity index (χ0n) is 3.69. The maximum atomic E-state index is 7.75. The molecule has 0 amide bonds. The Morgan fingerprint density at radius 3 is 1.40 bits per heavy atom. The third kappa shape index (κ3) is 737. The van der Waals surface area contributed by atoms with Crippen molar-refractivity contribution in [2.75, 3.05) is 0 Å². The molecule has 0 saturated heterocycles. The van der Waals surface area contributed by atoms with Gasteiger partial charge in [0.1, 0.15) is 0 Å². The normalized spacial score (nSPS) is 4.20. The standard InChI is InChI=1S/C3H8.BO/c1-3-2;1-2/h3H2,1-2H3;. The summed E-state index contributed by atoms with van der Waals surface area (Å²) in [4.78, 5) is 0. The van der Waals surface area contributed by atoms with Gasteiger partial charge in [0.05, 0.1) is 0 Å². The second-order valence-electron chi connectivity index (χ2n) is 0.707. The molecule has 0 aromatic rings. The number of rotatable bonds is 0. The van der Waals surface area contributed by atoms with E-state index in [0.29, 0.717) is 0 Å². The summed E-state index contributed by atoms with van der Waals surface area (Å²) in [5, 5.41) is 0. The Bertz CT molecular complexity index is 10.9. The minimum atomic E-state index is 1.25. The van der Waals surface area contributed by atoms with Crippen LogP contribution in [0.25, 0.3) is 0 Å². The van der Waals surface area contributed by atoms with Gasteiger partial charge in [-0.1, -0.05) is 20.3 Å². The molecule has 0 aliphatic heterocycles. The van der Waals surface area contributed by atoms with Crippen LogP contribution < -0.4 is 0 Å². The molecule has 0 aliphatic carbocycles. The van der Waals surface area contributed by atoms with Crippen LogP contribution in [0.15, 0.2) is 0 Å². The van der Waals surface area contributed by atoms with Gasteiger partial charge in [0.15, 0.2) is 0 Å². The van der Waals surface area contributed by atoms with E-state index in [1.807, 2.05) is 0 Å². The average molecular weight is 70.9 g/mol. The average Bonchev–Trinajstić information content (AvgIpc) is 1.46. The van der Waals surface area contributed by atoms with Crippen molar-refractivity contribution in [2.24, 2.45) is 0 Å². The van der Waals surface area contributed by atoms with E-state index >= 15 is 0 Å². The molecule has 0 aliphatic rings. The fraction of sp³-hybridized carbons (Fsp3) is 1.00.